The summed E-state index contributed by atoms with van der Waals surface area (Å²) < 4.78 is 52.0. The van der Waals surface area contributed by atoms with Gasteiger partial charge in [-0.05, 0) is 69.2 Å². The number of hydrogen-bond acceptors (Lipinski definition) is 5. The van der Waals surface area contributed by atoms with Crippen LogP contribution in [-0.2, 0) is 14.8 Å². The Bertz CT molecular complexity index is 1010. The smallest absolute Gasteiger partial charge is 0.265 e. The molecule has 9 heteroatoms. The van der Waals surface area contributed by atoms with Gasteiger partial charge >= 0.3 is 0 Å². The van der Waals surface area contributed by atoms with E-state index in [1.165, 1.54) is 34.6 Å². The van der Waals surface area contributed by atoms with Gasteiger partial charge in [0.1, 0.15) is 22.2 Å². The van der Waals surface area contributed by atoms with Gasteiger partial charge in [-0.3, -0.25) is 4.79 Å². The van der Waals surface area contributed by atoms with Crippen molar-refractivity contribution in [3.63, 3.8) is 0 Å². The van der Waals surface area contributed by atoms with Crippen molar-refractivity contribution in [1.82, 2.24) is 4.31 Å². The number of rotatable bonds is 8. The van der Waals surface area contributed by atoms with E-state index in [2.05, 4.69) is 5.32 Å². The maximum Gasteiger partial charge on any atom is 0.265 e. The number of anilines is 1. The van der Waals surface area contributed by atoms with E-state index in [9.17, 15) is 17.6 Å². The van der Waals surface area contributed by atoms with Gasteiger partial charge in [-0.1, -0.05) is 6.42 Å². The minimum absolute atomic E-state index is 0.0288. The molecule has 0 spiro atoms. The lowest BCUT2D eigenvalue weighted by atomic mass is 10.2. The third-order valence-corrected chi connectivity index (χ3v) is 6.86. The molecule has 1 amide bonds. The predicted molar refractivity (Wildman–Crippen MR) is 115 cm³/mol. The Morgan fingerprint density at radius 3 is 2.45 bits per heavy atom. The number of carbonyl (C=O) groups is 1. The highest BCUT2D eigenvalue weighted by molar-refractivity contribution is 7.89. The lowest BCUT2D eigenvalue weighted by Gasteiger charge is -2.27. The van der Waals surface area contributed by atoms with Crippen molar-refractivity contribution in [3.8, 4) is 11.5 Å². The van der Waals surface area contributed by atoms with E-state index in [1.807, 2.05) is 0 Å². The molecular weight excluding hydrogens is 423 g/mol. The molecule has 0 radical (unpaired) electrons. The van der Waals surface area contributed by atoms with E-state index in [4.69, 9.17) is 9.47 Å². The third-order valence-electron chi connectivity index (χ3n) is 4.94. The molecule has 1 saturated heterocycles. The molecule has 1 heterocycles. The van der Waals surface area contributed by atoms with E-state index >= 15 is 0 Å². The van der Waals surface area contributed by atoms with Gasteiger partial charge in [0.2, 0.25) is 10.0 Å². The highest BCUT2D eigenvalue weighted by Gasteiger charge is 2.29. The maximum atomic E-state index is 13.2. The molecule has 31 heavy (non-hydrogen) atoms. The molecule has 3 rings (SSSR count). The lowest BCUT2D eigenvalue weighted by Crippen LogP contribution is -2.36. The summed E-state index contributed by atoms with van der Waals surface area (Å²) in [6.07, 6.45) is 1.77. The normalized spacial score (nSPS) is 15.8. The molecule has 1 atom stereocenters. The molecule has 1 aliphatic heterocycles. The molecule has 1 fully saturated rings. The van der Waals surface area contributed by atoms with Crippen LogP contribution in [0, 0.1) is 5.82 Å². The molecule has 2 aromatic rings. The molecule has 168 valence electrons. The van der Waals surface area contributed by atoms with Crippen molar-refractivity contribution < 1.29 is 27.1 Å². The van der Waals surface area contributed by atoms with Gasteiger partial charge in [0.25, 0.3) is 5.91 Å². The summed E-state index contributed by atoms with van der Waals surface area (Å²) in [4.78, 5) is 12.6. The number of benzene rings is 2. The Morgan fingerprint density at radius 2 is 1.81 bits per heavy atom. The van der Waals surface area contributed by atoms with Crippen LogP contribution < -0.4 is 14.8 Å². The average molecular weight is 451 g/mol. The Balaban J connectivity index is 1.79. The van der Waals surface area contributed by atoms with Gasteiger partial charge in [-0.25, -0.2) is 12.8 Å². The van der Waals surface area contributed by atoms with Crippen LogP contribution in [0.2, 0.25) is 0 Å². The largest absolute Gasteiger partial charge is 0.492 e. The summed E-state index contributed by atoms with van der Waals surface area (Å²) in [6.45, 7) is 4.58. The highest BCUT2D eigenvalue weighted by Crippen LogP contribution is 2.31. The summed E-state index contributed by atoms with van der Waals surface area (Å²) in [7, 11) is -3.76. The monoisotopic (exact) mass is 450 g/mol. The quantitative estimate of drug-likeness (QED) is 0.661. The fourth-order valence-corrected chi connectivity index (χ4v) is 5.00. The SMILES string of the molecule is CCOc1ccc(NC(=O)C(C)Oc2ccc(F)cc2)cc1S(=O)(=O)N1CCCCC1. The van der Waals surface area contributed by atoms with Crippen molar-refractivity contribution in [2.75, 3.05) is 25.0 Å². The van der Waals surface area contributed by atoms with E-state index in [0.29, 0.717) is 31.1 Å². The maximum absolute atomic E-state index is 13.2. The topological polar surface area (TPSA) is 84.9 Å². The summed E-state index contributed by atoms with van der Waals surface area (Å²) in [6, 6.07) is 9.88. The number of halogens is 1. The molecule has 2 aromatic carbocycles. The summed E-state index contributed by atoms with van der Waals surface area (Å²) in [5, 5.41) is 2.68. The first-order valence-corrected chi connectivity index (χ1v) is 11.8. The number of carbonyl (C=O) groups excluding carboxylic acids is 1. The first-order chi connectivity index (χ1) is 14.8. The summed E-state index contributed by atoms with van der Waals surface area (Å²) >= 11 is 0. The number of piperidine rings is 1. The second kappa shape index (κ2) is 10.1. The number of sulfonamides is 1. The van der Waals surface area contributed by atoms with Crippen LogP contribution in [0.3, 0.4) is 0 Å². The fraction of sp³-hybridized carbons (Fsp3) is 0.409. The van der Waals surface area contributed by atoms with Gasteiger partial charge in [0.15, 0.2) is 6.10 Å². The zero-order valence-electron chi connectivity index (χ0n) is 17.6. The van der Waals surface area contributed by atoms with E-state index in [-0.39, 0.29) is 10.6 Å². The standard InChI is InChI=1S/C22H27FN2O5S/c1-3-29-20-12-9-18(15-21(20)31(27,28)25-13-5-4-6-14-25)24-22(26)16(2)30-19-10-7-17(23)8-11-19/h7-12,15-16H,3-6,13-14H2,1-2H3,(H,24,26). The van der Waals surface area contributed by atoms with Crippen molar-refractivity contribution in [3.05, 3.63) is 48.3 Å². The molecule has 0 saturated carbocycles. The van der Waals surface area contributed by atoms with Crippen LogP contribution in [0.25, 0.3) is 0 Å². The lowest BCUT2D eigenvalue weighted by molar-refractivity contribution is -0.122. The second-order valence-electron chi connectivity index (χ2n) is 7.26. The Kier molecular flexibility index (Phi) is 7.50. The number of ether oxygens (including phenoxy) is 2. The van der Waals surface area contributed by atoms with Gasteiger partial charge in [0.05, 0.1) is 6.61 Å². The second-order valence-corrected chi connectivity index (χ2v) is 9.17. The molecule has 7 nitrogen and oxygen atoms in total. The molecule has 1 N–H and O–H groups in total. The number of nitrogens with zero attached hydrogens (tertiary/aromatic N) is 1. The number of hydrogen-bond donors (Lipinski definition) is 1. The van der Waals surface area contributed by atoms with Crippen LogP contribution in [0.4, 0.5) is 10.1 Å². The van der Waals surface area contributed by atoms with E-state index in [1.54, 1.807) is 26.0 Å². The van der Waals surface area contributed by atoms with E-state index < -0.39 is 27.9 Å². The predicted octanol–water partition coefficient (Wildman–Crippen LogP) is 3.81. The zero-order chi connectivity index (χ0) is 22.4. The number of amides is 1. The third kappa shape index (κ3) is 5.74. The minimum atomic E-state index is -3.76. The van der Waals surface area contributed by atoms with Crippen molar-refractivity contribution >= 4 is 21.6 Å². The molecule has 0 aliphatic carbocycles. The fourth-order valence-electron chi connectivity index (χ4n) is 3.32. The molecule has 1 unspecified atom stereocenters. The first-order valence-electron chi connectivity index (χ1n) is 10.3. The van der Waals surface area contributed by atoms with Crippen molar-refractivity contribution in [2.45, 2.75) is 44.1 Å². The Morgan fingerprint density at radius 1 is 1.13 bits per heavy atom. The summed E-state index contributed by atoms with van der Waals surface area (Å²) in [5.41, 5.74) is 0.318. The van der Waals surface area contributed by atoms with Gasteiger partial charge in [-0.2, -0.15) is 4.31 Å². The van der Waals surface area contributed by atoms with Gasteiger partial charge < -0.3 is 14.8 Å². The first kappa shape index (κ1) is 23.0. The Hall–Kier alpha value is -2.65. The van der Waals surface area contributed by atoms with Crippen LogP contribution in [0.1, 0.15) is 33.1 Å². The summed E-state index contributed by atoms with van der Waals surface area (Å²) in [5.74, 6) is -0.262. The van der Waals surface area contributed by atoms with Crippen molar-refractivity contribution in [2.24, 2.45) is 0 Å². The molecule has 0 bridgehead atoms. The van der Waals surface area contributed by atoms with Crippen molar-refractivity contribution in [1.29, 1.82) is 0 Å². The van der Waals surface area contributed by atoms with Crippen LogP contribution >= 0.6 is 0 Å². The van der Waals surface area contributed by atoms with E-state index in [0.717, 1.165) is 19.3 Å². The number of nitrogens with one attached hydrogen (secondary N) is 1. The highest BCUT2D eigenvalue weighted by atomic mass is 32.2. The molecule has 0 aromatic heterocycles. The zero-order valence-corrected chi connectivity index (χ0v) is 18.5. The van der Waals surface area contributed by atoms with Crippen LogP contribution in [-0.4, -0.2) is 44.4 Å². The minimum Gasteiger partial charge on any atom is -0.492 e. The van der Waals surface area contributed by atoms with Gasteiger partial charge in [0, 0.05) is 18.8 Å². The Labute approximate surface area is 182 Å². The van der Waals surface area contributed by atoms with Crippen LogP contribution in [0.15, 0.2) is 47.4 Å². The average Bonchev–Trinajstić information content (AvgIpc) is 2.77. The van der Waals surface area contributed by atoms with Gasteiger partial charge in [-0.15, -0.1) is 0 Å². The molecule has 1 aliphatic rings. The molecular formula is C22H27FN2O5S. The van der Waals surface area contributed by atoms with Crippen LogP contribution in [0.5, 0.6) is 11.5 Å².